The molecule has 0 radical (unpaired) electrons. The van der Waals surface area contributed by atoms with Gasteiger partial charge in [0, 0.05) is 5.69 Å². The minimum atomic E-state index is -0.987. The number of carbonyl (C=O) groups excluding carboxylic acids is 1. The molecule has 0 fully saturated rings. The highest BCUT2D eigenvalue weighted by atomic mass is 16.5. The van der Waals surface area contributed by atoms with E-state index >= 15 is 0 Å². The molecule has 1 aliphatic heterocycles. The molecule has 1 heterocycles. The van der Waals surface area contributed by atoms with Gasteiger partial charge in [0.05, 0.1) is 25.2 Å². The molecule has 1 aromatic rings. The van der Waals surface area contributed by atoms with E-state index in [1.54, 1.807) is 36.4 Å². The molecule has 0 spiro atoms. The number of amides is 2. The molecule has 2 amide bonds. The smallest absolute Gasteiger partial charge is 0.319 e. The van der Waals surface area contributed by atoms with Gasteiger partial charge in [0.25, 0.3) is 0 Å². The Morgan fingerprint density at radius 3 is 2.55 bits per heavy atom. The van der Waals surface area contributed by atoms with Crippen LogP contribution < -0.4 is 10.6 Å². The van der Waals surface area contributed by atoms with Crippen molar-refractivity contribution in [2.45, 2.75) is 24.7 Å². The fraction of sp³-hybridized carbons (Fsp3) is 0.333. The Kier molecular flexibility index (Phi) is 5.51. The molecule has 0 aliphatic carbocycles. The average molecular weight is 306 g/mol. The normalized spacial score (nSPS) is 23.8. The second-order valence-electron chi connectivity index (χ2n) is 4.87. The summed E-state index contributed by atoms with van der Waals surface area (Å²) in [6.45, 7) is -0.323. The Balaban J connectivity index is 1.93. The number of ether oxygens (including phenoxy) is 1. The number of rotatable bonds is 5. The van der Waals surface area contributed by atoms with Crippen LogP contribution >= 0.6 is 0 Å². The summed E-state index contributed by atoms with van der Waals surface area (Å²) in [5.74, 6) is -0.987. The van der Waals surface area contributed by atoms with Gasteiger partial charge in [-0.25, -0.2) is 4.79 Å². The van der Waals surface area contributed by atoms with Gasteiger partial charge in [-0.1, -0.05) is 30.4 Å². The number of aliphatic hydroxyl groups is 1. The van der Waals surface area contributed by atoms with Gasteiger partial charge in [-0.05, 0) is 12.1 Å². The average Bonchev–Trinajstić information content (AvgIpc) is 2.49. The van der Waals surface area contributed by atoms with E-state index < -0.39 is 30.3 Å². The first-order valence-electron chi connectivity index (χ1n) is 6.87. The van der Waals surface area contributed by atoms with Crippen LogP contribution in [0.4, 0.5) is 10.5 Å². The van der Waals surface area contributed by atoms with Gasteiger partial charge in [-0.2, -0.15) is 0 Å². The number of para-hydroxylation sites is 1. The second-order valence-corrected chi connectivity index (χ2v) is 4.87. The Labute approximate surface area is 127 Å². The summed E-state index contributed by atoms with van der Waals surface area (Å²) >= 11 is 0. The number of carbonyl (C=O) groups is 2. The van der Waals surface area contributed by atoms with Gasteiger partial charge in [0.15, 0.2) is 0 Å². The zero-order valence-electron chi connectivity index (χ0n) is 11.8. The predicted octanol–water partition coefficient (Wildman–Crippen LogP) is 0.967. The number of carboxylic acid groups (broad SMARTS) is 1. The van der Waals surface area contributed by atoms with Crippen LogP contribution in [0.15, 0.2) is 42.5 Å². The van der Waals surface area contributed by atoms with Crippen LogP contribution in [0.25, 0.3) is 0 Å². The van der Waals surface area contributed by atoms with E-state index in [2.05, 4.69) is 10.6 Å². The number of hydrogen-bond donors (Lipinski definition) is 4. The van der Waals surface area contributed by atoms with Gasteiger partial charge in [-0.3, -0.25) is 4.79 Å². The molecular formula is C15H18N2O5. The molecule has 3 atom stereocenters. The van der Waals surface area contributed by atoms with Crippen molar-refractivity contribution in [3.63, 3.8) is 0 Å². The highest BCUT2D eigenvalue weighted by molar-refractivity contribution is 5.89. The molecule has 0 bridgehead atoms. The van der Waals surface area contributed by atoms with Crippen LogP contribution in [0.3, 0.4) is 0 Å². The third kappa shape index (κ3) is 4.57. The van der Waals surface area contributed by atoms with E-state index in [0.29, 0.717) is 5.69 Å². The number of carboxylic acids is 1. The number of aliphatic carboxylic acids is 1. The van der Waals surface area contributed by atoms with Crippen LogP contribution in [0.1, 0.15) is 6.42 Å². The van der Waals surface area contributed by atoms with Crippen LogP contribution in [-0.2, 0) is 9.53 Å². The van der Waals surface area contributed by atoms with E-state index in [-0.39, 0.29) is 13.0 Å². The molecule has 0 saturated heterocycles. The SMILES string of the molecule is O=C(O)C[C@@H]1C=C[C@H](NC(=O)Nc2ccccc2)[C@H](CO)O1. The molecule has 1 aromatic carbocycles. The van der Waals surface area contributed by atoms with E-state index in [0.717, 1.165) is 0 Å². The van der Waals surface area contributed by atoms with Crippen molar-refractivity contribution in [3.05, 3.63) is 42.5 Å². The number of anilines is 1. The predicted molar refractivity (Wildman–Crippen MR) is 79.5 cm³/mol. The maximum absolute atomic E-state index is 11.9. The van der Waals surface area contributed by atoms with E-state index in [4.69, 9.17) is 9.84 Å². The van der Waals surface area contributed by atoms with Crippen LogP contribution in [0, 0.1) is 0 Å². The fourth-order valence-corrected chi connectivity index (χ4v) is 2.15. The van der Waals surface area contributed by atoms with E-state index in [9.17, 15) is 14.7 Å². The second kappa shape index (κ2) is 7.58. The highest BCUT2D eigenvalue weighted by Gasteiger charge is 2.28. The lowest BCUT2D eigenvalue weighted by atomic mass is 10.1. The number of benzene rings is 1. The molecule has 7 nitrogen and oxygen atoms in total. The Bertz CT molecular complexity index is 546. The summed E-state index contributed by atoms with van der Waals surface area (Å²) in [5.41, 5.74) is 0.644. The third-order valence-electron chi connectivity index (χ3n) is 3.17. The molecule has 2 rings (SSSR count). The zero-order valence-corrected chi connectivity index (χ0v) is 11.8. The Hall–Kier alpha value is -2.38. The minimum Gasteiger partial charge on any atom is -0.481 e. The van der Waals surface area contributed by atoms with Gasteiger partial charge >= 0.3 is 12.0 Å². The first-order valence-corrected chi connectivity index (χ1v) is 6.87. The standard InChI is InChI=1S/C15H18N2O5/c18-9-13-12(7-6-11(22-13)8-14(19)20)17-15(21)16-10-4-2-1-3-5-10/h1-7,11-13,18H,8-9H2,(H,19,20)(H2,16,17,21)/t11-,12-,13-/m0/s1. The van der Waals surface area contributed by atoms with Crippen molar-refractivity contribution < 1.29 is 24.5 Å². The molecule has 0 saturated carbocycles. The lowest BCUT2D eigenvalue weighted by Crippen LogP contribution is -2.49. The fourth-order valence-electron chi connectivity index (χ4n) is 2.15. The number of aliphatic hydroxyl groups excluding tert-OH is 1. The summed E-state index contributed by atoms with van der Waals surface area (Å²) < 4.78 is 5.45. The maximum Gasteiger partial charge on any atom is 0.319 e. The van der Waals surface area contributed by atoms with Crippen molar-refractivity contribution in [3.8, 4) is 0 Å². The zero-order chi connectivity index (χ0) is 15.9. The van der Waals surface area contributed by atoms with Crippen LogP contribution in [-0.4, -0.2) is 47.1 Å². The van der Waals surface area contributed by atoms with Gasteiger partial charge < -0.3 is 25.6 Å². The molecule has 1 aliphatic rings. The lowest BCUT2D eigenvalue weighted by molar-refractivity contribution is -0.141. The first kappa shape index (κ1) is 16.0. The van der Waals surface area contributed by atoms with Crippen molar-refractivity contribution in [1.29, 1.82) is 0 Å². The number of hydrogen-bond acceptors (Lipinski definition) is 4. The Morgan fingerprint density at radius 2 is 1.91 bits per heavy atom. The summed E-state index contributed by atoms with van der Waals surface area (Å²) in [6, 6.07) is 7.97. The third-order valence-corrected chi connectivity index (χ3v) is 3.17. The minimum absolute atomic E-state index is 0.185. The molecule has 118 valence electrons. The number of urea groups is 1. The van der Waals surface area contributed by atoms with Gasteiger partial charge in [-0.15, -0.1) is 0 Å². The molecular weight excluding hydrogens is 288 g/mol. The van der Waals surface area contributed by atoms with E-state index in [1.807, 2.05) is 6.07 Å². The largest absolute Gasteiger partial charge is 0.481 e. The van der Waals surface area contributed by atoms with Crippen molar-refractivity contribution in [1.82, 2.24) is 5.32 Å². The summed E-state index contributed by atoms with van der Waals surface area (Å²) in [6.07, 6.45) is 1.74. The first-order chi connectivity index (χ1) is 10.6. The number of nitrogens with one attached hydrogen (secondary N) is 2. The molecule has 0 aromatic heterocycles. The maximum atomic E-state index is 11.9. The van der Waals surface area contributed by atoms with E-state index in [1.165, 1.54) is 0 Å². The molecule has 0 unspecified atom stereocenters. The van der Waals surface area contributed by atoms with Crippen molar-refractivity contribution in [2.75, 3.05) is 11.9 Å². The van der Waals surface area contributed by atoms with Gasteiger partial charge in [0.1, 0.15) is 6.10 Å². The summed E-state index contributed by atoms with van der Waals surface area (Å²) in [4.78, 5) is 22.6. The summed E-state index contributed by atoms with van der Waals surface area (Å²) in [7, 11) is 0. The molecule has 22 heavy (non-hydrogen) atoms. The quantitative estimate of drug-likeness (QED) is 0.606. The lowest BCUT2D eigenvalue weighted by Gasteiger charge is -2.31. The molecule has 7 heteroatoms. The Morgan fingerprint density at radius 1 is 1.18 bits per heavy atom. The van der Waals surface area contributed by atoms with Crippen molar-refractivity contribution in [2.24, 2.45) is 0 Å². The topological polar surface area (TPSA) is 108 Å². The van der Waals surface area contributed by atoms with Crippen LogP contribution in [0.2, 0.25) is 0 Å². The molecule has 4 N–H and O–H groups in total. The van der Waals surface area contributed by atoms with Crippen LogP contribution in [0.5, 0.6) is 0 Å². The summed E-state index contributed by atoms with van der Waals surface area (Å²) in [5, 5.41) is 23.4. The monoisotopic (exact) mass is 306 g/mol. The highest BCUT2D eigenvalue weighted by Crippen LogP contribution is 2.16. The van der Waals surface area contributed by atoms with Gasteiger partial charge in [0.2, 0.25) is 0 Å². The van der Waals surface area contributed by atoms with Crippen molar-refractivity contribution >= 4 is 17.7 Å².